The number of benzene rings is 1. The maximum absolute atomic E-state index is 12.1. The minimum Gasteiger partial charge on any atom is -0.504 e. The van der Waals surface area contributed by atoms with Crippen molar-refractivity contribution in [3.8, 4) is 11.5 Å². The van der Waals surface area contributed by atoms with E-state index < -0.39 is 40.7 Å². The van der Waals surface area contributed by atoms with E-state index in [4.69, 9.17) is 10.5 Å². The number of nitrogens with two attached hydrogens (primary N) is 1. The second kappa shape index (κ2) is 6.68. The zero-order valence-corrected chi connectivity index (χ0v) is 14.5. The molecule has 2 unspecified atom stereocenters. The number of aliphatic carboxylic acids is 1. The van der Waals surface area contributed by atoms with Crippen LogP contribution >= 0.6 is 0 Å². The van der Waals surface area contributed by atoms with Gasteiger partial charge in [0.2, 0.25) is 0 Å². The fourth-order valence-corrected chi connectivity index (χ4v) is 2.39. The van der Waals surface area contributed by atoms with Crippen LogP contribution in [0.4, 0.5) is 0 Å². The third-order valence-corrected chi connectivity index (χ3v) is 3.84. The van der Waals surface area contributed by atoms with Gasteiger partial charge < -0.3 is 25.8 Å². The molecule has 0 bridgehead atoms. The Hall–Kier alpha value is -2.28. The van der Waals surface area contributed by atoms with E-state index in [0.717, 1.165) is 0 Å². The summed E-state index contributed by atoms with van der Waals surface area (Å²) in [5, 5.41) is 28.6. The van der Waals surface area contributed by atoms with Crippen molar-refractivity contribution in [1.82, 2.24) is 0 Å². The Morgan fingerprint density at radius 1 is 1.12 bits per heavy atom. The normalized spacial score (nSPS) is 16.8. The molecule has 0 spiro atoms. The van der Waals surface area contributed by atoms with Crippen LogP contribution in [0.5, 0.6) is 11.5 Å². The lowest BCUT2D eigenvalue weighted by Gasteiger charge is -2.35. The van der Waals surface area contributed by atoms with Gasteiger partial charge in [-0.2, -0.15) is 0 Å². The maximum Gasteiger partial charge on any atom is 0.324 e. The van der Waals surface area contributed by atoms with Gasteiger partial charge in [0.15, 0.2) is 11.5 Å². The zero-order valence-electron chi connectivity index (χ0n) is 14.5. The lowest BCUT2D eigenvalue weighted by molar-refractivity contribution is -0.162. The lowest BCUT2D eigenvalue weighted by atomic mass is 9.77. The molecule has 0 heterocycles. The average Bonchev–Trinajstić information content (AvgIpc) is 2.41. The minimum atomic E-state index is -1.76. The Labute approximate surface area is 141 Å². The lowest BCUT2D eigenvalue weighted by Crippen LogP contribution is -2.54. The van der Waals surface area contributed by atoms with E-state index in [0.29, 0.717) is 5.56 Å². The van der Waals surface area contributed by atoms with Crippen molar-refractivity contribution in [2.45, 2.75) is 52.2 Å². The van der Waals surface area contributed by atoms with E-state index in [1.54, 1.807) is 27.7 Å². The molecule has 0 aliphatic rings. The van der Waals surface area contributed by atoms with Crippen LogP contribution in [0.3, 0.4) is 0 Å². The molecule has 7 nitrogen and oxygen atoms in total. The fraction of sp³-hybridized carbons (Fsp3) is 0.529. The number of phenolic OH excluding ortho intramolecular Hbond substituents is 2. The standard InChI is InChI=1S/C17H25NO6/c1-9(24-15(23)16(2,3)4)13(17(5,18)14(21)22)10-6-7-11(19)12(20)8-10/h6-9,13,19-20H,18H2,1-5H3,(H,21,22)/t9-,13?,17?/m1/s1. The van der Waals surface area contributed by atoms with Crippen molar-refractivity contribution in [3.05, 3.63) is 23.8 Å². The summed E-state index contributed by atoms with van der Waals surface area (Å²) in [6, 6.07) is 3.89. The van der Waals surface area contributed by atoms with E-state index in [9.17, 15) is 24.9 Å². The van der Waals surface area contributed by atoms with E-state index >= 15 is 0 Å². The van der Waals surface area contributed by atoms with Crippen LogP contribution in [0.15, 0.2) is 18.2 Å². The molecule has 0 fully saturated rings. The molecule has 0 saturated carbocycles. The molecule has 134 valence electrons. The van der Waals surface area contributed by atoms with E-state index in [1.165, 1.54) is 25.1 Å². The molecule has 1 rings (SSSR count). The van der Waals surface area contributed by atoms with Crippen LogP contribution in [-0.4, -0.2) is 38.9 Å². The molecular weight excluding hydrogens is 314 g/mol. The summed E-state index contributed by atoms with van der Waals surface area (Å²) in [5.41, 5.74) is 3.79. The Bertz CT molecular complexity index is 632. The first-order chi connectivity index (χ1) is 10.8. The number of ether oxygens (including phenoxy) is 1. The number of carbonyl (C=O) groups excluding carboxylic acids is 1. The van der Waals surface area contributed by atoms with Gasteiger partial charge in [0.05, 0.1) is 5.41 Å². The number of hydrogen-bond acceptors (Lipinski definition) is 6. The van der Waals surface area contributed by atoms with E-state index in [1.807, 2.05) is 0 Å². The summed E-state index contributed by atoms with van der Waals surface area (Å²) in [5.74, 6) is -3.46. The molecule has 1 aromatic rings. The van der Waals surface area contributed by atoms with E-state index in [-0.39, 0.29) is 5.75 Å². The Balaban J connectivity index is 3.31. The number of esters is 1. The summed E-state index contributed by atoms with van der Waals surface area (Å²) in [7, 11) is 0. The first kappa shape index (κ1) is 19.8. The number of hydrogen-bond donors (Lipinski definition) is 4. The highest BCUT2D eigenvalue weighted by molar-refractivity contribution is 5.80. The minimum absolute atomic E-state index is 0.340. The fourth-order valence-electron chi connectivity index (χ4n) is 2.39. The highest BCUT2D eigenvalue weighted by atomic mass is 16.5. The summed E-state index contributed by atoms with van der Waals surface area (Å²) in [6.45, 7) is 7.91. The molecule has 7 heteroatoms. The van der Waals surface area contributed by atoms with Crippen molar-refractivity contribution in [2.75, 3.05) is 0 Å². The monoisotopic (exact) mass is 339 g/mol. The van der Waals surface area contributed by atoms with Crippen LogP contribution in [-0.2, 0) is 14.3 Å². The molecule has 24 heavy (non-hydrogen) atoms. The number of phenols is 2. The van der Waals surface area contributed by atoms with Crippen LogP contribution in [0.25, 0.3) is 0 Å². The van der Waals surface area contributed by atoms with Crippen molar-refractivity contribution in [2.24, 2.45) is 11.1 Å². The summed E-state index contributed by atoms with van der Waals surface area (Å²) < 4.78 is 5.41. The summed E-state index contributed by atoms with van der Waals surface area (Å²) >= 11 is 0. The molecule has 5 N–H and O–H groups in total. The molecule has 3 atom stereocenters. The van der Waals surface area contributed by atoms with Gasteiger partial charge in [-0.25, -0.2) is 0 Å². The van der Waals surface area contributed by atoms with Gasteiger partial charge in [-0.05, 0) is 52.3 Å². The van der Waals surface area contributed by atoms with Gasteiger partial charge >= 0.3 is 11.9 Å². The van der Waals surface area contributed by atoms with Crippen LogP contribution in [0.2, 0.25) is 0 Å². The van der Waals surface area contributed by atoms with E-state index in [2.05, 4.69) is 0 Å². The Morgan fingerprint density at radius 3 is 2.08 bits per heavy atom. The molecule has 0 aliphatic heterocycles. The SMILES string of the molecule is C[C@@H](OC(=O)C(C)(C)C)C(c1ccc(O)c(O)c1)C(C)(N)C(=O)O. The molecule has 0 saturated heterocycles. The third-order valence-electron chi connectivity index (χ3n) is 3.84. The van der Waals surface area contributed by atoms with Gasteiger partial charge in [-0.1, -0.05) is 6.07 Å². The number of carboxylic acids is 1. The predicted molar refractivity (Wildman–Crippen MR) is 87.7 cm³/mol. The zero-order chi connectivity index (χ0) is 18.9. The smallest absolute Gasteiger partial charge is 0.324 e. The van der Waals surface area contributed by atoms with Crippen molar-refractivity contribution < 1.29 is 29.6 Å². The molecular formula is C17H25NO6. The first-order valence-electron chi connectivity index (χ1n) is 7.53. The Kier molecular flexibility index (Phi) is 5.50. The largest absolute Gasteiger partial charge is 0.504 e. The number of rotatable bonds is 5. The third kappa shape index (κ3) is 4.17. The van der Waals surface area contributed by atoms with Crippen LogP contribution in [0, 0.1) is 5.41 Å². The number of aromatic hydroxyl groups is 2. The average molecular weight is 339 g/mol. The second-order valence-corrected chi connectivity index (χ2v) is 7.17. The van der Waals surface area contributed by atoms with Gasteiger partial charge in [-0.3, -0.25) is 9.59 Å². The van der Waals surface area contributed by atoms with Gasteiger partial charge in [0.25, 0.3) is 0 Å². The van der Waals surface area contributed by atoms with Crippen molar-refractivity contribution >= 4 is 11.9 Å². The molecule has 1 aromatic carbocycles. The topological polar surface area (TPSA) is 130 Å². The quantitative estimate of drug-likeness (QED) is 0.476. The van der Waals surface area contributed by atoms with Crippen LogP contribution < -0.4 is 5.73 Å². The molecule has 0 aromatic heterocycles. The predicted octanol–water partition coefficient (Wildman–Crippen LogP) is 1.96. The molecule has 0 aliphatic carbocycles. The highest BCUT2D eigenvalue weighted by Crippen LogP contribution is 2.37. The van der Waals surface area contributed by atoms with Crippen molar-refractivity contribution in [3.63, 3.8) is 0 Å². The number of carboxylic acid groups (broad SMARTS) is 1. The summed E-state index contributed by atoms with van der Waals surface area (Å²) in [6.07, 6.45) is -0.869. The van der Waals surface area contributed by atoms with Crippen molar-refractivity contribution in [1.29, 1.82) is 0 Å². The first-order valence-corrected chi connectivity index (χ1v) is 7.53. The second-order valence-electron chi connectivity index (χ2n) is 7.17. The van der Waals surface area contributed by atoms with Crippen LogP contribution in [0.1, 0.15) is 46.1 Å². The van der Waals surface area contributed by atoms with Gasteiger partial charge in [0, 0.05) is 5.92 Å². The number of carbonyl (C=O) groups is 2. The van der Waals surface area contributed by atoms with Gasteiger partial charge in [-0.15, -0.1) is 0 Å². The maximum atomic E-state index is 12.1. The Morgan fingerprint density at radius 2 is 1.67 bits per heavy atom. The summed E-state index contributed by atoms with van der Waals surface area (Å²) in [4.78, 5) is 23.7. The highest BCUT2D eigenvalue weighted by Gasteiger charge is 2.44. The molecule has 0 radical (unpaired) electrons. The molecule has 0 amide bonds. The van der Waals surface area contributed by atoms with Gasteiger partial charge in [0.1, 0.15) is 11.6 Å².